The average molecular weight is 373 g/mol. The molecular formula is C17H29BrN2O2. The second-order valence-electron chi connectivity index (χ2n) is 5.15. The highest BCUT2D eigenvalue weighted by Crippen LogP contribution is 2.35. The predicted octanol–water partition coefficient (Wildman–Crippen LogP) is 3.68. The molecule has 4 nitrogen and oxygen atoms in total. The lowest BCUT2D eigenvalue weighted by Gasteiger charge is -2.19. The van der Waals surface area contributed by atoms with E-state index in [1.807, 2.05) is 6.07 Å². The molecule has 0 amide bonds. The molecule has 1 aromatic rings. The molecule has 0 fully saturated rings. The van der Waals surface area contributed by atoms with Gasteiger partial charge in [-0.1, -0.05) is 36.7 Å². The zero-order chi connectivity index (χ0) is 16.4. The van der Waals surface area contributed by atoms with Crippen molar-refractivity contribution in [2.24, 2.45) is 0 Å². The van der Waals surface area contributed by atoms with E-state index in [1.165, 1.54) is 0 Å². The molecule has 0 saturated heterocycles. The molecule has 5 heteroatoms. The lowest BCUT2D eigenvalue weighted by Crippen LogP contribution is -2.31. The molecule has 0 aliphatic carbocycles. The number of rotatable bonds is 11. The Morgan fingerprint density at radius 1 is 1.18 bits per heavy atom. The summed E-state index contributed by atoms with van der Waals surface area (Å²) in [6, 6.07) is 4.04. The minimum Gasteiger partial charge on any atom is -0.493 e. The van der Waals surface area contributed by atoms with Crippen molar-refractivity contribution < 1.29 is 9.47 Å². The number of hydrogen-bond acceptors (Lipinski definition) is 4. The van der Waals surface area contributed by atoms with Crippen LogP contribution in [0.2, 0.25) is 0 Å². The minimum atomic E-state index is 0.699. The summed E-state index contributed by atoms with van der Waals surface area (Å²) < 4.78 is 12.3. The molecule has 1 aromatic carbocycles. The van der Waals surface area contributed by atoms with Gasteiger partial charge in [-0.05, 0) is 31.6 Å². The van der Waals surface area contributed by atoms with Crippen molar-refractivity contribution in [1.29, 1.82) is 0 Å². The Kier molecular flexibility index (Phi) is 9.52. The van der Waals surface area contributed by atoms with Gasteiger partial charge in [0.2, 0.25) is 0 Å². The maximum atomic E-state index is 5.89. The Balaban J connectivity index is 2.69. The molecule has 0 bridgehead atoms. The molecule has 0 radical (unpaired) electrons. The van der Waals surface area contributed by atoms with Crippen molar-refractivity contribution in [3.8, 4) is 11.5 Å². The van der Waals surface area contributed by atoms with Crippen LogP contribution in [0, 0.1) is 0 Å². The van der Waals surface area contributed by atoms with Gasteiger partial charge >= 0.3 is 0 Å². The van der Waals surface area contributed by atoms with Gasteiger partial charge in [0.15, 0.2) is 11.5 Å². The summed E-state index contributed by atoms with van der Waals surface area (Å²) in [6.07, 6.45) is 0.980. The molecule has 0 aliphatic heterocycles. The summed E-state index contributed by atoms with van der Waals surface area (Å²) in [4.78, 5) is 2.41. The molecule has 126 valence electrons. The summed E-state index contributed by atoms with van der Waals surface area (Å²) >= 11 is 3.54. The first-order valence-corrected chi connectivity index (χ1v) is 8.87. The van der Waals surface area contributed by atoms with Crippen LogP contribution in [-0.2, 0) is 6.54 Å². The van der Waals surface area contributed by atoms with E-state index in [2.05, 4.69) is 53.0 Å². The number of methoxy groups -OCH3 is 1. The monoisotopic (exact) mass is 372 g/mol. The van der Waals surface area contributed by atoms with Gasteiger partial charge in [0.05, 0.1) is 13.7 Å². The maximum absolute atomic E-state index is 5.89. The van der Waals surface area contributed by atoms with Crippen LogP contribution in [0.5, 0.6) is 11.5 Å². The summed E-state index contributed by atoms with van der Waals surface area (Å²) in [5.74, 6) is 1.63. The van der Waals surface area contributed by atoms with Gasteiger partial charge in [-0.25, -0.2) is 0 Å². The van der Waals surface area contributed by atoms with Crippen LogP contribution in [0.4, 0.5) is 0 Å². The topological polar surface area (TPSA) is 33.7 Å². The van der Waals surface area contributed by atoms with E-state index in [4.69, 9.17) is 9.47 Å². The summed E-state index contributed by atoms with van der Waals surface area (Å²) in [5, 5.41) is 3.50. The molecule has 1 rings (SSSR count). The second kappa shape index (κ2) is 10.9. The van der Waals surface area contributed by atoms with E-state index in [-0.39, 0.29) is 0 Å². The van der Waals surface area contributed by atoms with Crippen LogP contribution >= 0.6 is 15.9 Å². The highest BCUT2D eigenvalue weighted by atomic mass is 79.9. The van der Waals surface area contributed by atoms with E-state index in [0.717, 1.165) is 60.7 Å². The second-order valence-corrected chi connectivity index (χ2v) is 6.06. The first kappa shape index (κ1) is 19.3. The Hall–Kier alpha value is -0.780. The van der Waals surface area contributed by atoms with Gasteiger partial charge in [0.25, 0.3) is 0 Å². The van der Waals surface area contributed by atoms with E-state index in [0.29, 0.717) is 6.61 Å². The zero-order valence-electron chi connectivity index (χ0n) is 14.2. The molecule has 1 N–H and O–H groups in total. The van der Waals surface area contributed by atoms with Crippen LogP contribution < -0.4 is 14.8 Å². The molecule has 0 spiro atoms. The fourth-order valence-electron chi connectivity index (χ4n) is 2.27. The van der Waals surface area contributed by atoms with Crippen LogP contribution in [0.25, 0.3) is 0 Å². The first-order valence-electron chi connectivity index (χ1n) is 8.08. The molecule has 0 aromatic heterocycles. The van der Waals surface area contributed by atoms with Crippen LogP contribution in [0.3, 0.4) is 0 Å². The third-order valence-corrected chi connectivity index (χ3v) is 4.04. The number of likely N-dealkylation sites (N-methyl/N-ethyl adjacent to an activating group) is 1. The largest absolute Gasteiger partial charge is 0.493 e. The Morgan fingerprint density at radius 3 is 2.50 bits per heavy atom. The van der Waals surface area contributed by atoms with Crippen molar-refractivity contribution in [2.75, 3.05) is 39.9 Å². The summed E-state index contributed by atoms with van der Waals surface area (Å²) in [5.41, 5.74) is 1.12. The van der Waals surface area contributed by atoms with Crippen molar-refractivity contribution in [1.82, 2.24) is 10.2 Å². The van der Waals surface area contributed by atoms with Gasteiger partial charge in [-0.3, -0.25) is 0 Å². The fraction of sp³-hybridized carbons (Fsp3) is 0.647. The van der Waals surface area contributed by atoms with Crippen LogP contribution in [0.15, 0.2) is 16.6 Å². The highest BCUT2D eigenvalue weighted by Gasteiger charge is 2.12. The lowest BCUT2D eigenvalue weighted by molar-refractivity contribution is 0.287. The van der Waals surface area contributed by atoms with Crippen molar-refractivity contribution >= 4 is 15.9 Å². The Labute approximate surface area is 143 Å². The smallest absolute Gasteiger partial charge is 0.165 e. The van der Waals surface area contributed by atoms with Crippen LogP contribution in [-0.4, -0.2) is 44.8 Å². The molecule has 0 atom stereocenters. The highest BCUT2D eigenvalue weighted by molar-refractivity contribution is 9.10. The number of nitrogens with one attached hydrogen (secondary N) is 1. The lowest BCUT2D eigenvalue weighted by atomic mass is 10.2. The third kappa shape index (κ3) is 6.15. The molecular weight excluding hydrogens is 344 g/mol. The Bertz CT molecular complexity index is 437. The van der Waals surface area contributed by atoms with Crippen molar-refractivity contribution in [3.63, 3.8) is 0 Å². The first-order chi connectivity index (χ1) is 10.7. The number of nitrogens with zero attached hydrogens (tertiary/aromatic N) is 1. The van der Waals surface area contributed by atoms with Gasteiger partial charge < -0.3 is 19.7 Å². The molecule has 22 heavy (non-hydrogen) atoms. The number of halogens is 1. The molecule has 0 heterocycles. The average Bonchev–Trinajstić information content (AvgIpc) is 2.53. The fourth-order valence-corrected chi connectivity index (χ4v) is 2.76. The third-order valence-electron chi connectivity index (χ3n) is 3.58. The van der Waals surface area contributed by atoms with E-state index in [9.17, 15) is 0 Å². The number of ether oxygens (including phenoxy) is 2. The van der Waals surface area contributed by atoms with Gasteiger partial charge in [-0.2, -0.15) is 0 Å². The van der Waals surface area contributed by atoms with E-state index >= 15 is 0 Å². The van der Waals surface area contributed by atoms with Gasteiger partial charge in [0.1, 0.15) is 0 Å². The normalized spacial score (nSPS) is 11.0. The van der Waals surface area contributed by atoms with E-state index in [1.54, 1.807) is 7.11 Å². The zero-order valence-corrected chi connectivity index (χ0v) is 15.8. The molecule has 0 aliphatic rings. The summed E-state index contributed by atoms with van der Waals surface area (Å²) in [7, 11) is 1.68. The van der Waals surface area contributed by atoms with Crippen LogP contribution in [0.1, 0.15) is 32.8 Å². The van der Waals surface area contributed by atoms with Crippen molar-refractivity contribution in [3.05, 3.63) is 22.2 Å². The summed E-state index contributed by atoms with van der Waals surface area (Å²) in [6.45, 7) is 12.2. The number of hydrogen-bond donors (Lipinski definition) is 1. The minimum absolute atomic E-state index is 0.699. The standard InChI is InChI=1S/C17H29BrN2O2/c1-5-10-22-17-14(11-15(18)12-16(17)21-4)13-19-8-9-20(6-2)7-3/h11-12,19H,5-10,13H2,1-4H3. The SMILES string of the molecule is CCCOc1c(CNCCN(CC)CC)cc(Br)cc1OC. The van der Waals surface area contributed by atoms with Crippen molar-refractivity contribution in [2.45, 2.75) is 33.7 Å². The Morgan fingerprint density at radius 2 is 1.91 bits per heavy atom. The van der Waals surface area contributed by atoms with E-state index < -0.39 is 0 Å². The van der Waals surface area contributed by atoms with Gasteiger partial charge in [-0.15, -0.1) is 0 Å². The van der Waals surface area contributed by atoms with Gasteiger partial charge in [0, 0.05) is 29.7 Å². The predicted molar refractivity (Wildman–Crippen MR) is 96.0 cm³/mol. The quantitative estimate of drug-likeness (QED) is 0.600. The maximum Gasteiger partial charge on any atom is 0.165 e. The number of benzene rings is 1. The molecule has 0 unspecified atom stereocenters. The molecule has 0 saturated carbocycles.